The van der Waals surface area contributed by atoms with Gasteiger partial charge in [0, 0.05) is 12.2 Å². The second-order valence-electron chi connectivity index (χ2n) is 5.07. The highest BCUT2D eigenvalue weighted by molar-refractivity contribution is 5.92. The van der Waals surface area contributed by atoms with Gasteiger partial charge in [0.25, 0.3) is 0 Å². The average Bonchev–Trinajstić information content (AvgIpc) is 2.37. The molecule has 0 aromatic heterocycles. The van der Waals surface area contributed by atoms with Gasteiger partial charge in [-0.2, -0.15) is 0 Å². The minimum absolute atomic E-state index is 0.0177. The lowest BCUT2D eigenvalue weighted by Gasteiger charge is -2.10. The summed E-state index contributed by atoms with van der Waals surface area (Å²) < 4.78 is 0. The van der Waals surface area contributed by atoms with Crippen LogP contribution in [0.3, 0.4) is 0 Å². The molecule has 3 heteroatoms. The standard InChI is InChI=1S/C17H20N2O/c1-12-7-13(2)9-16(8-12)19-17(20)10-14-5-3-4-6-15(14)11-18/h3-9H,10-11,18H2,1-2H3,(H,19,20). The maximum absolute atomic E-state index is 12.1. The Balaban J connectivity index is 2.09. The minimum atomic E-state index is -0.0177. The van der Waals surface area contributed by atoms with E-state index in [1.807, 2.05) is 50.2 Å². The van der Waals surface area contributed by atoms with E-state index in [9.17, 15) is 4.79 Å². The normalized spacial score (nSPS) is 10.3. The zero-order chi connectivity index (χ0) is 14.5. The number of rotatable bonds is 4. The summed E-state index contributed by atoms with van der Waals surface area (Å²) >= 11 is 0. The number of benzene rings is 2. The Morgan fingerprint density at radius 1 is 1.05 bits per heavy atom. The van der Waals surface area contributed by atoms with Gasteiger partial charge in [-0.3, -0.25) is 4.79 Å². The molecule has 2 rings (SSSR count). The van der Waals surface area contributed by atoms with Crippen molar-refractivity contribution in [2.45, 2.75) is 26.8 Å². The molecule has 0 radical (unpaired) electrons. The molecule has 0 aliphatic heterocycles. The summed E-state index contributed by atoms with van der Waals surface area (Å²) in [5.41, 5.74) is 10.8. The summed E-state index contributed by atoms with van der Waals surface area (Å²) in [6.45, 7) is 4.49. The topological polar surface area (TPSA) is 55.1 Å². The predicted octanol–water partition coefficient (Wildman–Crippen LogP) is 2.94. The van der Waals surface area contributed by atoms with Gasteiger partial charge in [0.15, 0.2) is 0 Å². The third kappa shape index (κ3) is 3.68. The van der Waals surface area contributed by atoms with Crippen molar-refractivity contribution in [2.75, 3.05) is 5.32 Å². The Bertz CT molecular complexity index is 600. The van der Waals surface area contributed by atoms with Crippen LogP contribution in [0.5, 0.6) is 0 Å². The molecule has 3 N–H and O–H groups in total. The first kappa shape index (κ1) is 14.3. The Labute approximate surface area is 119 Å². The molecule has 1 amide bonds. The van der Waals surface area contributed by atoms with E-state index in [1.165, 1.54) is 0 Å². The summed E-state index contributed by atoms with van der Waals surface area (Å²) in [6.07, 6.45) is 0.348. The number of hydrogen-bond donors (Lipinski definition) is 2. The molecule has 2 aromatic rings. The van der Waals surface area contributed by atoms with E-state index >= 15 is 0 Å². The Morgan fingerprint density at radius 2 is 1.65 bits per heavy atom. The monoisotopic (exact) mass is 268 g/mol. The van der Waals surface area contributed by atoms with Crippen LogP contribution < -0.4 is 11.1 Å². The molecule has 0 unspecified atom stereocenters. The lowest BCUT2D eigenvalue weighted by molar-refractivity contribution is -0.115. The number of hydrogen-bond acceptors (Lipinski definition) is 2. The van der Waals surface area contributed by atoms with E-state index in [0.717, 1.165) is 27.9 Å². The van der Waals surface area contributed by atoms with E-state index < -0.39 is 0 Å². The van der Waals surface area contributed by atoms with Crippen LogP contribution in [0.2, 0.25) is 0 Å². The summed E-state index contributed by atoms with van der Waals surface area (Å²) in [4.78, 5) is 12.1. The van der Waals surface area contributed by atoms with E-state index in [1.54, 1.807) is 0 Å². The average molecular weight is 268 g/mol. The lowest BCUT2D eigenvalue weighted by Crippen LogP contribution is -2.16. The van der Waals surface area contributed by atoms with Crippen LogP contribution >= 0.6 is 0 Å². The van der Waals surface area contributed by atoms with E-state index in [0.29, 0.717) is 13.0 Å². The van der Waals surface area contributed by atoms with Crippen molar-refractivity contribution in [3.8, 4) is 0 Å². The fourth-order valence-electron chi connectivity index (χ4n) is 2.35. The van der Waals surface area contributed by atoms with E-state index in [4.69, 9.17) is 5.73 Å². The van der Waals surface area contributed by atoms with Gasteiger partial charge in [0.1, 0.15) is 0 Å². The molecular weight excluding hydrogens is 248 g/mol. The van der Waals surface area contributed by atoms with Gasteiger partial charge < -0.3 is 11.1 Å². The highest BCUT2D eigenvalue weighted by atomic mass is 16.1. The fourth-order valence-corrected chi connectivity index (χ4v) is 2.35. The van der Waals surface area contributed by atoms with E-state index in [-0.39, 0.29) is 5.91 Å². The second kappa shape index (κ2) is 6.35. The van der Waals surface area contributed by atoms with Crippen LogP contribution in [0.4, 0.5) is 5.69 Å². The highest BCUT2D eigenvalue weighted by Gasteiger charge is 2.07. The quantitative estimate of drug-likeness (QED) is 0.895. The van der Waals surface area contributed by atoms with Crippen LogP contribution in [-0.4, -0.2) is 5.91 Å². The van der Waals surface area contributed by atoms with Gasteiger partial charge >= 0.3 is 0 Å². The van der Waals surface area contributed by atoms with Crippen molar-refractivity contribution < 1.29 is 4.79 Å². The molecule has 0 fully saturated rings. The van der Waals surface area contributed by atoms with Crippen LogP contribution in [0.1, 0.15) is 22.3 Å². The van der Waals surface area contributed by atoms with Crippen LogP contribution in [-0.2, 0) is 17.8 Å². The summed E-state index contributed by atoms with van der Waals surface area (Å²) in [7, 11) is 0. The zero-order valence-corrected chi connectivity index (χ0v) is 11.9. The van der Waals surface area contributed by atoms with Gasteiger partial charge in [0.2, 0.25) is 5.91 Å². The summed E-state index contributed by atoms with van der Waals surface area (Å²) in [6, 6.07) is 13.8. The van der Waals surface area contributed by atoms with Gasteiger partial charge in [-0.25, -0.2) is 0 Å². The zero-order valence-electron chi connectivity index (χ0n) is 11.9. The second-order valence-corrected chi connectivity index (χ2v) is 5.07. The molecule has 0 bridgehead atoms. The molecule has 0 aliphatic rings. The Kier molecular flexibility index (Phi) is 4.53. The predicted molar refractivity (Wildman–Crippen MR) is 82.6 cm³/mol. The van der Waals surface area contributed by atoms with Crippen molar-refractivity contribution in [3.63, 3.8) is 0 Å². The van der Waals surface area contributed by atoms with Crippen LogP contribution in [0, 0.1) is 13.8 Å². The number of nitrogens with two attached hydrogens (primary N) is 1. The Hall–Kier alpha value is -2.13. The van der Waals surface area contributed by atoms with Crippen molar-refractivity contribution in [2.24, 2.45) is 5.73 Å². The third-order valence-corrected chi connectivity index (χ3v) is 3.19. The number of carbonyl (C=O) groups is 1. The van der Waals surface area contributed by atoms with Gasteiger partial charge in [-0.05, 0) is 48.2 Å². The number of anilines is 1. The molecule has 20 heavy (non-hydrogen) atoms. The van der Waals surface area contributed by atoms with Crippen LogP contribution in [0.25, 0.3) is 0 Å². The number of aryl methyl sites for hydroxylation is 2. The smallest absolute Gasteiger partial charge is 0.228 e. The molecule has 0 aliphatic carbocycles. The summed E-state index contributed by atoms with van der Waals surface area (Å²) in [5, 5.41) is 2.94. The van der Waals surface area contributed by atoms with Crippen LogP contribution in [0.15, 0.2) is 42.5 Å². The molecule has 3 nitrogen and oxygen atoms in total. The molecule has 0 atom stereocenters. The first-order valence-electron chi connectivity index (χ1n) is 6.73. The fraction of sp³-hybridized carbons (Fsp3) is 0.235. The molecule has 0 spiro atoms. The highest BCUT2D eigenvalue weighted by Crippen LogP contribution is 2.15. The Morgan fingerprint density at radius 3 is 2.25 bits per heavy atom. The van der Waals surface area contributed by atoms with Gasteiger partial charge in [-0.15, -0.1) is 0 Å². The SMILES string of the molecule is Cc1cc(C)cc(NC(=O)Cc2ccccc2CN)c1. The lowest BCUT2D eigenvalue weighted by atomic mass is 10.0. The number of nitrogens with one attached hydrogen (secondary N) is 1. The molecule has 104 valence electrons. The molecule has 0 saturated heterocycles. The summed E-state index contributed by atoms with van der Waals surface area (Å²) in [5.74, 6) is -0.0177. The van der Waals surface area contributed by atoms with Crippen molar-refractivity contribution >= 4 is 11.6 Å². The maximum Gasteiger partial charge on any atom is 0.228 e. The van der Waals surface area contributed by atoms with Crippen molar-refractivity contribution in [1.82, 2.24) is 0 Å². The minimum Gasteiger partial charge on any atom is -0.326 e. The van der Waals surface area contributed by atoms with Crippen molar-refractivity contribution in [1.29, 1.82) is 0 Å². The van der Waals surface area contributed by atoms with Gasteiger partial charge in [-0.1, -0.05) is 30.3 Å². The molecule has 0 heterocycles. The van der Waals surface area contributed by atoms with Gasteiger partial charge in [0.05, 0.1) is 6.42 Å². The molecule has 0 saturated carbocycles. The van der Waals surface area contributed by atoms with Crippen molar-refractivity contribution in [3.05, 3.63) is 64.7 Å². The first-order chi connectivity index (χ1) is 9.58. The largest absolute Gasteiger partial charge is 0.326 e. The first-order valence-corrected chi connectivity index (χ1v) is 6.73. The molecular formula is C17H20N2O. The third-order valence-electron chi connectivity index (χ3n) is 3.19. The van der Waals surface area contributed by atoms with E-state index in [2.05, 4.69) is 11.4 Å². The molecule has 2 aromatic carbocycles. The number of carbonyl (C=O) groups excluding carboxylic acids is 1. The maximum atomic E-state index is 12.1. The number of amides is 1.